The van der Waals surface area contributed by atoms with Crippen molar-refractivity contribution >= 4 is 5.69 Å². The van der Waals surface area contributed by atoms with Gasteiger partial charge in [-0.3, -0.25) is 15.0 Å². The molecule has 1 aliphatic rings. The summed E-state index contributed by atoms with van der Waals surface area (Å²) in [7, 11) is 0. The molecule has 0 spiro atoms. The largest absolute Gasteiger partial charge is 0.502 e. The van der Waals surface area contributed by atoms with Crippen LogP contribution in [0, 0.1) is 10.1 Å². The van der Waals surface area contributed by atoms with Crippen LogP contribution in [0.2, 0.25) is 0 Å². The highest BCUT2D eigenvalue weighted by Crippen LogP contribution is 2.35. The number of piperazine rings is 1. The zero-order valence-corrected chi connectivity index (χ0v) is 12.3. The summed E-state index contributed by atoms with van der Waals surface area (Å²) < 4.78 is 37.8. The molecule has 9 heteroatoms. The molecule has 1 atom stereocenters. The van der Waals surface area contributed by atoms with Crippen LogP contribution in [0.15, 0.2) is 18.2 Å². The smallest absolute Gasteiger partial charge is 0.389 e. The fourth-order valence-electron chi connectivity index (χ4n) is 2.75. The minimum absolute atomic E-state index is 0.175. The molecule has 0 radical (unpaired) electrons. The van der Waals surface area contributed by atoms with E-state index in [0.29, 0.717) is 31.7 Å². The Morgan fingerprint density at radius 3 is 2.57 bits per heavy atom. The van der Waals surface area contributed by atoms with E-state index in [4.69, 9.17) is 0 Å². The zero-order chi connectivity index (χ0) is 17.0. The lowest BCUT2D eigenvalue weighted by Crippen LogP contribution is -2.45. The highest BCUT2D eigenvalue weighted by Gasteiger charge is 2.32. The van der Waals surface area contributed by atoms with Gasteiger partial charge in [0.2, 0.25) is 0 Å². The molecule has 0 aliphatic carbocycles. The van der Waals surface area contributed by atoms with Crippen LogP contribution in [-0.2, 0) is 0 Å². The summed E-state index contributed by atoms with van der Waals surface area (Å²) in [6.45, 7) is 2.44. The molecule has 0 amide bonds. The van der Waals surface area contributed by atoms with Gasteiger partial charge in [-0.2, -0.15) is 13.2 Å². The molecule has 2 rings (SSSR count). The standard InChI is InChI=1S/C14H18F3N3O3/c15-14(16,17)4-3-11(19-7-5-18-6-8-19)10-1-2-13(21)12(9-10)20(22)23/h1-2,9,11,18,21H,3-8H2/t11-/m0/s1. The predicted octanol–water partition coefficient (Wildman–Crippen LogP) is 2.59. The lowest BCUT2D eigenvalue weighted by molar-refractivity contribution is -0.386. The number of nitrogens with one attached hydrogen (secondary N) is 1. The fourth-order valence-corrected chi connectivity index (χ4v) is 2.75. The Labute approximate surface area is 131 Å². The molecule has 0 saturated carbocycles. The van der Waals surface area contributed by atoms with Gasteiger partial charge in [0.15, 0.2) is 5.75 Å². The molecular weight excluding hydrogens is 315 g/mol. The Hall–Kier alpha value is -1.87. The second-order valence-corrected chi connectivity index (χ2v) is 5.46. The summed E-state index contributed by atoms with van der Waals surface area (Å²) in [6, 6.07) is 3.21. The highest BCUT2D eigenvalue weighted by atomic mass is 19.4. The number of halogens is 3. The number of phenolic OH excluding ortho intramolecular Hbond substituents is 1. The van der Waals surface area contributed by atoms with Crippen molar-refractivity contribution in [1.29, 1.82) is 0 Å². The lowest BCUT2D eigenvalue weighted by Gasteiger charge is -2.35. The second kappa shape index (κ2) is 7.14. The van der Waals surface area contributed by atoms with Gasteiger partial charge in [0.05, 0.1) is 4.92 Å². The summed E-state index contributed by atoms with van der Waals surface area (Å²) in [5.41, 5.74) is -0.0738. The molecule has 1 saturated heterocycles. The van der Waals surface area contributed by atoms with Crippen molar-refractivity contribution < 1.29 is 23.2 Å². The van der Waals surface area contributed by atoms with Gasteiger partial charge in [0.25, 0.3) is 0 Å². The SMILES string of the molecule is O=[N+]([O-])c1cc([C@H](CCC(F)(F)F)N2CCNCC2)ccc1O. The number of aromatic hydroxyl groups is 1. The van der Waals surface area contributed by atoms with Crippen molar-refractivity contribution in [2.45, 2.75) is 25.1 Å². The van der Waals surface area contributed by atoms with E-state index in [0.717, 1.165) is 6.07 Å². The third kappa shape index (κ3) is 4.80. The van der Waals surface area contributed by atoms with Gasteiger partial charge in [-0.15, -0.1) is 0 Å². The van der Waals surface area contributed by atoms with Crippen LogP contribution in [0.4, 0.5) is 18.9 Å². The molecular formula is C14H18F3N3O3. The Bertz CT molecular complexity index is 560. The van der Waals surface area contributed by atoms with Crippen molar-refractivity contribution in [2.24, 2.45) is 0 Å². The third-order valence-electron chi connectivity index (χ3n) is 3.87. The number of nitro benzene ring substituents is 1. The monoisotopic (exact) mass is 333 g/mol. The van der Waals surface area contributed by atoms with Crippen molar-refractivity contribution in [3.05, 3.63) is 33.9 Å². The number of benzene rings is 1. The molecule has 0 aromatic heterocycles. The molecule has 1 aliphatic heterocycles. The van der Waals surface area contributed by atoms with E-state index in [9.17, 15) is 28.4 Å². The van der Waals surface area contributed by atoms with Crippen LogP contribution in [-0.4, -0.2) is 47.3 Å². The number of rotatable bonds is 5. The molecule has 1 heterocycles. The number of alkyl halides is 3. The number of hydrogen-bond donors (Lipinski definition) is 2. The molecule has 6 nitrogen and oxygen atoms in total. The zero-order valence-electron chi connectivity index (χ0n) is 12.3. The van der Waals surface area contributed by atoms with Crippen LogP contribution >= 0.6 is 0 Å². The molecule has 1 aromatic rings. The van der Waals surface area contributed by atoms with Crippen molar-refractivity contribution in [3.63, 3.8) is 0 Å². The maximum Gasteiger partial charge on any atom is 0.389 e. The van der Waals surface area contributed by atoms with Crippen molar-refractivity contribution in [1.82, 2.24) is 10.2 Å². The predicted molar refractivity (Wildman–Crippen MR) is 77.2 cm³/mol. The number of hydrogen-bond acceptors (Lipinski definition) is 5. The maximum absolute atomic E-state index is 12.6. The first kappa shape index (κ1) is 17.5. The molecule has 1 fully saturated rings. The molecule has 1 aromatic carbocycles. The van der Waals surface area contributed by atoms with Crippen LogP contribution in [0.1, 0.15) is 24.4 Å². The Balaban J connectivity index is 2.28. The topological polar surface area (TPSA) is 78.6 Å². The highest BCUT2D eigenvalue weighted by molar-refractivity contribution is 5.48. The Morgan fingerprint density at radius 2 is 2.00 bits per heavy atom. The minimum atomic E-state index is -4.28. The van der Waals surface area contributed by atoms with Crippen LogP contribution in [0.3, 0.4) is 0 Å². The number of phenols is 1. The first-order valence-corrected chi connectivity index (χ1v) is 7.27. The number of nitro groups is 1. The Morgan fingerprint density at radius 1 is 1.35 bits per heavy atom. The summed E-state index contributed by atoms with van der Waals surface area (Å²) in [5, 5.41) is 23.6. The van der Waals surface area contributed by atoms with E-state index in [-0.39, 0.29) is 6.42 Å². The van der Waals surface area contributed by atoms with Crippen LogP contribution < -0.4 is 5.32 Å². The maximum atomic E-state index is 12.6. The lowest BCUT2D eigenvalue weighted by atomic mass is 9.98. The van der Waals surface area contributed by atoms with Gasteiger partial charge in [-0.1, -0.05) is 6.07 Å². The minimum Gasteiger partial charge on any atom is -0.502 e. The van der Waals surface area contributed by atoms with E-state index in [1.807, 2.05) is 4.90 Å². The van der Waals surface area contributed by atoms with E-state index in [1.165, 1.54) is 12.1 Å². The average molecular weight is 333 g/mol. The molecule has 0 bridgehead atoms. The van der Waals surface area contributed by atoms with E-state index < -0.39 is 35.0 Å². The molecule has 23 heavy (non-hydrogen) atoms. The molecule has 0 unspecified atom stereocenters. The Kier molecular flexibility index (Phi) is 5.42. The van der Waals surface area contributed by atoms with E-state index >= 15 is 0 Å². The van der Waals surface area contributed by atoms with Crippen molar-refractivity contribution in [2.75, 3.05) is 26.2 Å². The quantitative estimate of drug-likeness (QED) is 0.640. The summed E-state index contributed by atoms with van der Waals surface area (Å²) in [5.74, 6) is -0.492. The van der Waals surface area contributed by atoms with E-state index in [1.54, 1.807) is 0 Å². The normalized spacial score (nSPS) is 17.9. The van der Waals surface area contributed by atoms with Gasteiger partial charge < -0.3 is 10.4 Å². The van der Waals surface area contributed by atoms with Gasteiger partial charge in [0, 0.05) is 44.7 Å². The first-order valence-electron chi connectivity index (χ1n) is 7.27. The summed E-state index contributed by atoms with van der Waals surface area (Å²) >= 11 is 0. The first-order chi connectivity index (χ1) is 10.8. The third-order valence-corrected chi connectivity index (χ3v) is 3.87. The van der Waals surface area contributed by atoms with Gasteiger partial charge in [-0.05, 0) is 18.1 Å². The van der Waals surface area contributed by atoms with Gasteiger partial charge in [0.1, 0.15) is 0 Å². The van der Waals surface area contributed by atoms with Gasteiger partial charge in [-0.25, -0.2) is 0 Å². The summed E-state index contributed by atoms with van der Waals surface area (Å²) in [4.78, 5) is 12.1. The van der Waals surface area contributed by atoms with Crippen LogP contribution in [0.25, 0.3) is 0 Å². The fraction of sp³-hybridized carbons (Fsp3) is 0.571. The molecule has 2 N–H and O–H groups in total. The van der Waals surface area contributed by atoms with E-state index in [2.05, 4.69) is 5.32 Å². The van der Waals surface area contributed by atoms with Crippen molar-refractivity contribution in [3.8, 4) is 5.75 Å². The average Bonchev–Trinajstić information content (AvgIpc) is 2.48. The van der Waals surface area contributed by atoms with Crippen LogP contribution in [0.5, 0.6) is 5.75 Å². The van der Waals surface area contributed by atoms with Gasteiger partial charge >= 0.3 is 11.9 Å². The number of nitrogens with zero attached hydrogens (tertiary/aromatic N) is 2. The summed E-state index contributed by atoms with van der Waals surface area (Å²) in [6.07, 6.45) is -5.42. The second-order valence-electron chi connectivity index (χ2n) is 5.46. The molecule has 128 valence electrons.